The lowest BCUT2D eigenvalue weighted by molar-refractivity contribution is 0.583. The van der Waals surface area contributed by atoms with Crippen LogP contribution in [0, 0.1) is 0 Å². The normalized spacial score (nSPS) is 11.6. The number of imidazole rings is 1. The maximum atomic E-state index is 11.6. The molecule has 1 aromatic heterocycles. The molecule has 0 spiro atoms. The Kier molecular flexibility index (Phi) is 6.04. The molecular weight excluding hydrogens is 238 g/mol. The maximum absolute atomic E-state index is 11.6. The number of unbranched alkanes of at least 4 members (excludes halogenated alkanes) is 5. The van der Waals surface area contributed by atoms with E-state index in [1.54, 1.807) is 6.20 Å². The van der Waals surface area contributed by atoms with Crippen LogP contribution in [0.2, 0.25) is 0 Å². The highest BCUT2D eigenvalue weighted by Crippen LogP contribution is 2.06. The zero-order chi connectivity index (χ0) is 12.6. The largest absolute Gasteiger partial charge is 0.246 e. The molecule has 1 heterocycles. The Morgan fingerprint density at radius 1 is 1.18 bits per heavy atom. The minimum absolute atomic E-state index is 0.178. The van der Waals surface area contributed by atoms with Crippen LogP contribution in [0.3, 0.4) is 0 Å². The molecule has 0 saturated heterocycles. The quantitative estimate of drug-likeness (QED) is 0.691. The van der Waals surface area contributed by atoms with Gasteiger partial charge in [-0.3, -0.25) is 0 Å². The molecule has 1 N–H and O–H groups in total. The Balaban J connectivity index is 2.17. The van der Waals surface area contributed by atoms with Crippen molar-refractivity contribution in [2.75, 3.05) is 10.6 Å². The van der Waals surface area contributed by atoms with Gasteiger partial charge in [0.15, 0.2) is 0 Å². The predicted molar refractivity (Wildman–Crippen MR) is 68.8 cm³/mol. The first kappa shape index (κ1) is 14.0. The summed E-state index contributed by atoms with van der Waals surface area (Å²) in [5, 5.41) is 0. The van der Waals surface area contributed by atoms with Crippen molar-refractivity contribution < 1.29 is 8.42 Å². The standard InChI is InChI=1S/C11H21N3O2S/c1-2-3-4-5-6-7-10-17(15,16)13-14-9-8-12-11-14/h8-9,11,13H,2-7,10H2,1H3. The van der Waals surface area contributed by atoms with Crippen molar-refractivity contribution >= 4 is 10.0 Å². The highest BCUT2D eigenvalue weighted by Gasteiger charge is 2.09. The van der Waals surface area contributed by atoms with Gasteiger partial charge in [0.1, 0.15) is 6.33 Å². The summed E-state index contributed by atoms with van der Waals surface area (Å²) in [5.74, 6) is 0.178. The van der Waals surface area contributed by atoms with E-state index in [1.807, 2.05) is 0 Å². The van der Waals surface area contributed by atoms with Crippen LogP contribution in [0.25, 0.3) is 0 Å². The summed E-state index contributed by atoms with van der Waals surface area (Å²) >= 11 is 0. The third kappa shape index (κ3) is 6.31. The van der Waals surface area contributed by atoms with Gasteiger partial charge in [0.05, 0.1) is 5.75 Å². The number of nitrogens with one attached hydrogen (secondary N) is 1. The van der Waals surface area contributed by atoms with Crippen molar-refractivity contribution in [3.63, 3.8) is 0 Å². The summed E-state index contributed by atoms with van der Waals surface area (Å²) in [7, 11) is -3.22. The average molecular weight is 259 g/mol. The summed E-state index contributed by atoms with van der Waals surface area (Å²) in [4.78, 5) is 6.20. The minimum Gasteiger partial charge on any atom is -0.243 e. The predicted octanol–water partition coefficient (Wildman–Crippen LogP) is 2.12. The average Bonchev–Trinajstić information content (AvgIpc) is 2.75. The summed E-state index contributed by atoms with van der Waals surface area (Å²) in [6, 6.07) is 0. The molecule has 0 aliphatic carbocycles. The third-order valence-electron chi connectivity index (χ3n) is 2.52. The van der Waals surface area contributed by atoms with E-state index >= 15 is 0 Å². The first-order chi connectivity index (χ1) is 8.14. The van der Waals surface area contributed by atoms with Gasteiger partial charge in [-0.25, -0.2) is 22.9 Å². The zero-order valence-electron chi connectivity index (χ0n) is 10.3. The van der Waals surface area contributed by atoms with Gasteiger partial charge < -0.3 is 0 Å². The fourth-order valence-corrected chi connectivity index (χ4v) is 2.70. The van der Waals surface area contributed by atoms with Gasteiger partial charge in [-0.15, -0.1) is 0 Å². The molecule has 0 unspecified atom stereocenters. The molecule has 0 aliphatic heterocycles. The number of sulfonamides is 1. The van der Waals surface area contributed by atoms with Crippen LogP contribution in [-0.2, 0) is 10.0 Å². The smallest absolute Gasteiger partial charge is 0.243 e. The molecule has 0 bridgehead atoms. The molecule has 0 saturated carbocycles. The Hall–Kier alpha value is -1.04. The molecule has 0 radical (unpaired) electrons. The summed E-state index contributed by atoms with van der Waals surface area (Å²) in [6.07, 6.45) is 11.0. The van der Waals surface area contributed by atoms with Gasteiger partial charge in [-0.05, 0) is 6.42 Å². The fraction of sp³-hybridized carbons (Fsp3) is 0.727. The van der Waals surface area contributed by atoms with E-state index in [0.717, 1.165) is 12.8 Å². The van der Waals surface area contributed by atoms with Crippen LogP contribution in [0.5, 0.6) is 0 Å². The monoisotopic (exact) mass is 259 g/mol. The molecule has 0 fully saturated rings. The van der Waals surface area contributed by atoms with Crippen LogP contribution in [0.1, 0.15) is 45.4 Å². The minimum atomic E-state index is -3.22. The van der Waals surface area contributed by atoms with Crippen molar-refractivity contribution in [3.05, 3.63) is 18.7 Å². The van der Waals surface area contributed by atoms with Crippen molar-refractivity contribution in [1.29, 1.82) is 0 Å². The van der Waals surface area contributed by atoms with E-state index in [1.165, 1.54) is 36.5 Å². The van der Waals surface area contributed by atoms with Crippen molar-refractivity contribution in [2.24, 2.45) is 0 Å². The second-order valence-corrected chi connectivity index (χ2v) is 5.97. The number of nitrogens with zero attached hydrogens (tertiary/aromatic N) is 2. The molecule has 1 aromatic rings. The second-order valence-electron chi connectivity index (χ2n) is 4.15. The van der Waals surface area contributed by atoms with Crippen LogP contribution >= 0.6 is 0 Å². The van der Waals surface area contributed by atoms with Crippen LogP contribution in [0.4, 0.5) is 0 Å². The van der Waals surface area contributed by atoms with E-state index in [4.69, 9.17) is 0 Å². The van der Waals surface area contributed by atoms with Gasteiger partial charge in [-0.1, -0.05) is 39.0 Å². The molecule has 0 aromatic carbocycles. The van der Waals surface area contributed by atoms with Crippen LogP contribution < -0.4 is 4.83 Å². The van der Waals surface area contributed by atoms with Crippen molar-refractivity contribution in [3.8, 4) is 0 Å². The molecule has 6 heteroatoms. The molecule has 1 rings (SSSR count). The Labute approximate surface area is 103 Å². The number of hydrogen-bond acceptors (Lipinski definition) is 3. The lowest BCUT2D eigenvalue weighted by Crippen LogP contribution is -2.24. The summed E-state index contributed by atoms with van der Waals surface area (Å²) in [5.41, 5.74) is 0. The van der Waals surface area contributed by atoms with Crippen LogP contribution in [0.15, 0.2) is 18.7 Å². The second kappa shape index (κ2) is 7.32. The Morgan fingerprint density at radius 3 is 2.53 bits per heavy atom. The molecule has 0 atom stereocenters. The summed E-state index contributed by atoms with van der Waals surface area (Å²) in [6.45, 7) is 2.17. The van der Waals surface area contributed by atoms with Gasteiger partial charge in [-0.2, -0.15) is 0 Å². The molecule has 98 valence electrons. The van der Waals surface area contributed by atoms with E-state index in [9.17, 15) is 8.42 Å². The maximum Gasteiger partial charge on any atom is 0.246 e. The molecule has 17 heavy (non-hydrogen) atoms. The van der Waals surface area contributed by atoms with Gasteiger partial charge in [0.2, 0.25) is 10.0 Å². The molecular formula is C11H21N3O2S. The number of aromatic nitrogens is 2. The Morgan fingerprint density at radius 2 is 1.88 bits per heavy atom. The molecule has 0 aliphatic rings. The van der Waals surface area contributed by atoms with Gasteiger partial charge >= 0.3 is 0 Å². The third-order valence-corrected chi connectivity index (χ3v) is 3.83. The first-order valence-corrected chi connectivity index (χ1v) is 7.78. The lowest BCUT2D eigenvalue weighted by Gasteiger charge is -2.07. The number of hydrogen-bond donors (Lipinski definition) is 1. The van der Waals surface area contributed by atoms with Gasteiger partial charge in [0.25, 0.3) is 0 Å². The Bertz CT molecular complexity index is 387. The molecule has 5 nitrogen and oxygen atoms in total. The van der Waals surface area contributed by atoms with Crippen molar-refractivity contribution in [2.45, 2.75) is 45.4 Å². The van der Waals surface area contributed by atoms with Gasteiger partial charge in [0, 0.05) is 12.4 Å². The number of rotatable bonds is 9. The van der Waals surface area contributed by atoms with E-state index < -0.39 is 10.0 Å². The fourth-order valence-electron chi connectivity index (χ4n) is 1.59. The highest BCUT2D eigenvalue weighted by atomic mass is 32.2. The highest BCUT2D eigenvalue weighted by molar-refractivity contribution is 7.92. The zero-order valence-corrected chi connectivity index (χ0v) is 11.1. The van der Waals surface area contributed by atoms with E-state index in [-0.39, 0.29) is 5.75 Å². The summed E-state index contributed by atoms with van der Waals surface area (Å²) < 4.78 is 24.6. The van der Waals surface area contributed by atoms with E-state index in [2.05, 4.69) is 16.7 Å². The molecule has 0 amide bonds. The SMILES string of the molecule is CCCCCCCCS(=O)(=O)Nn1ccnc1. The lowest BCUT2D eigenvalue weighted by atomic mass is 10.1. The van der Waals surface area contributed by atoms with Crippen molar-refractivity contribution in [1.82, 2.24) is 9.66 Å². The van der Waals surface area contributed by atoms with E-state index in [0.29, 0.717) is 6.42 Å². The topological polar surface area (TPSA) is 64.0 Å². The first-order valence-electron chi connectivity index (χ1n) is 6.12. The van der Waals surface area contributed by atoms with Crippen LogP contribution in [-0.4, -0.2) is 23.8 Å².